The molecule has 7 heteroatoms. The van der Waals surface area contributed by atoms with Crippen LogP contribution in [0, 0.1) is 0 Å². The Hall–Kier alpha value is 0.0500. The normalized spacial score (nSPS) is 19.2. The van der Waals surface area contributed by atoms with Gasteiger partial charge in [0.25, 0.3) is 10.0 Å². The summed E-state index contributed by atoms with van der Waals surface area (Å²) in [6, 6.07) is 1.77. The zero-order valence-corrected chi connectivity index (χ0v) is 13.4. The average Bonchev–Trinajstić information content (AvgIpc) is 2.77. The molecule has 0 bridgehead atoms. The first-order chi connectivity index (χ1) is 8.55. The van der Waals surface area contributed by atoms with Gasteiger partial charge in [0.1, 0.15) is 4.21 Å². The number of halogens is 1. The molecule has 1 aromatic rings. The smallest absolute Gasteiger partial charge is 0.253 e. The summed E-state index contributed by atoms with van der Waals surface area (Å²) in [5, 5.41) is 1.78. The number of hydrogen-bond donors (Lipinski definition) is 0. The van der Waals surface area contributed by atoms with Gasteiger partial charge >= 0.3 is 0 Å². The van der Waals surface area contributed by atoms with Crippen LogP contribution in [0.3, 0.4) is 0 Å². The van der Waals surface area contributed by atoms with E-state index in [2.05, 4.69) is 15.9 Å². The van der Waals surface area contributed by atoms with Crippen LogP contribution in [-0.4, -0.2) is 38.5 Å². The molecule has 18 heavy (non-hydrogen) atoms. The van der Waals surface area contributed by atoms with E-state index < -0.39 is 10.0 Å². The van der Waals surface area contributed by atoms with E-state index >= 15 is 0 Å². The standard InChI is InChI=1S/C11H16BrNO3S2/c1-2-16-9-3-6-13(7-4-9)18(14,15)11-10(12)5-8-17-11/h5,8-9H,2-4,6-7H2,1H3. The topological polar surface area (TPSA) is 46.6 Å². The summed E-state index contributed by atoms with van der Waals surface area (Å²) in [7, 11) is -3.34. The molecule has 1 saturated heterocycles. The fourth-order valence-corrected chi connectivity index (χ4v) is 5.98. The number of thiophene rings is 1. The molecule has 4 nitrogen and oxygen atoms in total. The molecule has 0 N–H and O–H groups in total. The van der Waals surface area contributed by atoms with Crippen molar-refractivity contribution in [3.05, 3.63) is 15.9 Å². The first-order valence-corrected chi connectivity index (χ1v) is 9.01. The zero-order chi connectivity index (χ0) is 13.2. The van der Waals surface area contributed by atoms with Crippen molar-refractivity contribution in [2.75, 3.05) is 19.7 Å². The highest BCUT2D eigenvalue weighted by Crippen LogP contribution is 2.31. The third-order valence-corrected chi connectivity index (χ3v) is 7.51. The van der Waals surface area contributed by atoms with Gasteiger partial charge in [0.05, 0.1) is 6.10 Å². The van der Waals surface area contributed by atoms with Crippen molar-refractivity contribution in [2.24, 2.45) is 0 Å². The van der Waals surface area contributed by atoms with E-state index in [1.54, 1.807) is 15.8 Å². The molecule has 0 aromatic carbocycles. The van der Waals surface area contributed by atoms with Gasteiger partial charge in [0, 0.05) is 24.2 Å². The van der Waals surface area contributed by atoms with E-state index in [1.807, 2.05) is 6.92 Å². The lowest BCUT2D eigenvalue weighted by Gasteiger charge is -2.30. The van der Waals surface area contributed by atoms with Crippen LogP contribution < -0.4 is 0 Å². The van der Waals surface area contributed by atoms with E-state index in [1.165, 1.54) is 11.3 Å². The van der Waals surface area contributed by atoms with E-state index in [0.717, 1.165) is 12.8 Å². The summed E-state index contributed by atoms with van der Waals surface area (Å²) in [6.45, 7) is 3.73. The van der Waals surface area contributed by atoms with Crippen molar-refractivity contribution in [2.45, 2.75) is 30.1 Å². The Morgan fingerprint density at radius 2 is 2.17 bits per heavy atom. The van der Waals surface area contributed by atoms with E-state index in [0.29, 0.717) is 28.4 Å². The first kappa shape index (κ1) is 14.5. The minimum Gasteiger partial charge on any atom is -0.378 e. The van der Waals surface area contributed by atoms with E-state index in [4.69, 9.17) is 4.74 Å². The van der Waals surface area contributed by atoms with Gasteiger partial charge in [-0.1, -0.05) is 0 Å². The van der Waals surface area contributed by atoms with Crippen molar-refractivity contribution in [3.8, 4) is 0 Å². The molecule has 2 heterocycles. The minimum atomic E-state index is -3.34. The van der Waals surface area contributed by atoms with Crippen LogP contribution >= 0.6 is 27.3 Å². The maximum atomic E-state index is 12.4. The van der Waals surface area contributed by atoms with Crippen LogP contribution in [0.2, 0.25) is 0 Å². The third-order valence-electron chi connectivity index (χ3n) is 2.96. The van der Waals surface area contributed by atoms with Gasteiger partial charge in [0.2, 0.25) is 0 Å². The second-order valence-corrected chi connectivity index (χ2v) is 8.02. The molecule has 0 unspecified atom stereocenters. The number of nitrogens with zero attached hydrogens (tertiary/aromatic N) is 1. The van der Waals surface area contributed by atoms with E-state index in [9.17, 15) is 8.42 Å². The van der Waals surface area contributed by atoms with Gasteiger partial charge in [-0.15, -0.1) is 11.3 Å². The maximum absolute atomic E-state index is 12.4. The fourth-order valence-electron chi connectivity index (χ4n) is 2.06. The molecule has 0 spiro atoms. The lowest BCUT2D eigenvalue weighted by Crippen LogP contribution is -2.40. The van der Waals surface area contributed by atoms with Gasteiger partial charge in [-0.3, -0.25) is 0 Å². The zero-order valence-electron chi connectivity index (χ0n) is 10.1. The predicted molar refractivity (Wildman–Crippen MR) is 75.4 cm³/mol. The summed E-state index contributed by atoms with van der Waals surface area (Å²) in [4.78, 5) is 0. The number of piperidine rings is 1. The monoisotopic (exact) mass is 353 g/mol. The van der Waals surface area contributed by atoms with Crippen LogP contribution in [0.15, 0.2) is 20.1 Å². The Labute approximate surface area is 120 Å². The first-order valence-electron chi connectivity index (χ1n) is 5.90. The Morgan fingerprint density at radius 3 is 2.67 bits per heavy atom. The molecule has 0 radical (unpaired) electrons. The number of sulfonamides is 1. The van der Waals surface area contributed by atoms with Gasteiger partial charge < -0.3 is 4.74 Å². The highest BCUT2D eigenvalue weighted by Gasteiger charge is 2.31. The summed E-state index contributed by atoms with van der Waals surface area (Å²) in [5.74, 6) is 0. The Kier molecular flexibility index (Phi) is 4.82. The fraction of sp³-hybridized carbons (Fsp3) is 0.636. The molecule has 1 aromatic heterocycles. The molecule has 0 saturated carbocycles. The predicted octanol–water partition coefficient (Wildman–Crippen LogP) is 2.70. The van der Waals surface area contributed by atoms with Crippen LogP contribution in [-0.2, 0) is 14.8 Å². The molecular formula is C11H16BrNO3S2. The highest BCUT2D eigenvalue weighted by molar-refractivity contribution is 9.10. The van der Waals surface area contributed by atoms with Crippen molar-refractivity contribution < 1.29 is 13.2 Å². The van der Waals surface area contributed by atoms with E-state index in [-0.39, 0.29) is 6.10 Å². The molecule has 1 fully saturated rings. The molecule has 1 aliphatic heterocycles. The SMILES string of the molecule is CCOC1CCN(S(=O)(=O)c2sccc2Br)CC1. The summed E-state index contributed by atoms with van der Waals surface area (Å²) >= 11 is 4.54. The molecule has 1 aliphatic rings. The summed E-state index contributed by atoms with van der Waals surface area (Å²) < 4.78 is 32.9. The van der Waals surface area contributed by atoms with Gasteiger partial charge in [-0.05, 0) is 47.1 Å². The molecule has 2 rings (SSSR count). The average molecular weight is 354 g/mol. The molecular weight excluding hydrogens is 338 g/mol. The summed E-state index contributed by atoms with van der Waals surface area (Å²) in [6.07, 6.45) is 1.75. The second kappa shape index (κ2) is 6.00. The van der Waals surface area contributed by atoms with Gasteiger partial charge in [-0.25, -0.2) is 8.42 Å². The summed E-state index contributed by atoms with van der Waals surface area (Å²) in [5.41, 5.74) is 0. The second-order valence-electron chi connectivity index (χ2n) is 4.11. The van der Waals surface area contributed by atoms with Crippen molar-refractivity contribution in [1.29, 1.82) is 0 Å². The molecule has 0 atom stereocenters. The Bertz CT molecular complexity index is 492. The number of hydrogen-bond acceptors (Lipinski definition) is 4. The van der Waals surface area contributed by atoms with Gasteiger partial charge in [0.15, 0.2) is 0 Å². The number of ether oxygens (including phenoxy) is 1. The van der Waals surface area contributed by atoms with Crippen molar-refractivity contribution in [1.82, 2.24) is 4.31 Å². The van der Waals surface area contributed by atoms with Crippen LogP contribution in [0.1, 0.15) is 19.8 Å². The highest BCUT2D eigenvalue weighted by atomic mass is 79.9. The Balaban J connectivity index is 2.08. The lowest BCUT2D eigenvalue weighted by molar-refractivity contribution is 0.0290. The van der Waals surface area contributed by atoms with Gasteiger partial charge in [-0.2, -0.15) is 4.31 Å². The quantitative estimate of drug-likeness (QED) is 0.835. The largest absolute Gasteiger partial charge is 0.378 e. The third kappa shape index (κ3) is 2.96. The van der Waals surface area contributed by atoms with Crippen LogP contribution in [0.4, 0.5) is 0 Å². The number of rotatable bonds is 4. The Morgan fingerprint density at radius 1 is 1.50 bits per heavy atom. The lowest BCUT2D eigenvalue weighted by atomic mass is 10.1. The molecule has 0 amide bonds. The maximum Gasteiger partial charge on any atom is 0.253 e. The molecule has 0 aliphatic carbocycles. The van der Waals surface area contributed by atoms with Crippen LogP contribution in [0.25, 0.3) is 0 Å². The molecule has 102 valence electrons. The minimum absolute atomic E-state index is 0.202. The van der Waals surface area contributed by atoms with Crippen molar-refractivity contribution in [3.63, 3.8) is 0 Å². The van der Waals surface area contributed by atoms with Crippen LogP contribution in [0.5, 0.6) is 0 Å². The van der Waals surface area contributed by atoms with Crippen molar-refractivity contribution >= 4 is 37.3 Å².